The number of thiazole rings is 1. The summed E-state index contributed by atoms with van der Waals surface area (Å²) in [5.74, 6) is 1.24. The van der Waals surface area contributed by atoms with Crippen LogP contribution in [-0.4, -0.2) is 15.0 Å². The maximum Gasteiger partial charge on any atom is 0.433 e. The van der Waals surface area contributed by atoms with Crippen LogP contribution in [0.25, 0.3) is 10.4 Å². The third-order valence-corrected chi connectivity index (χ3v) is 6.66. The fourth-order valence-corrected chi connectivity index (χ4v) is 4.89. The smallest absolute Gasteiger partial charge is 0.324 e. The molecule has 30 heavy (non-hydrogen) atoms. The van der Waals surface area contributed by atoms with Crippen LogP contribution in [0.15, 0.2) is 36.7 Å². The summed E-state index contributed by atoms with van der Waals surface area (Å²) in [4.78, 5) is 13.2. The van der Waals surface area contributed by atoms with Crippen molar-refractivity contribution in [3.05, 3.63) is 52.9 Å². The predicted octanol–water partition coefficient (Wildman–Crippen LogP) is 6.96. The Morgan fingerprint density at radius 1 is 1.07 bits per heavy atom. The fourth-order valence-electron chi connectivity index (χ4n) is 3.82. The predicted molar refractivity (Wildman–Crippen MR) is 113 cm³/mol. The van der Waals surface area contributed by atoms with Gasteiger partial charge < -0.3 is 5.32 Å². The van der Waals surface area contributed by atoms with Crippen LogP contribution in [0.3, 0.4) is 0 Å². The number of hydrogen-bond donors (Lipinski definition) is 1. The van der Waals surface area contributed by atoms with Crippen LogP contribution < -0.4 is 5.32 Å². The quantitative estimate of drug-likeness (QED) is 0.484. The van der Waals surface area contributed by atoms with Gasteiger partial charge in [-0.05, 0) is 55.0 Å². The summed E-state index contributed by atoms with van der Waals surface area (Å²) < 4.78 is 38.7. The van der Waals surface area contributed by atoms with Gasteiger partial charge in [0, 0.05) is 24.0 Å². The summed E-state index contributed by atoms with van der Waals surface area (Å²) in [5, 5.41) is 4.08. The van der Waals surface area contributed by atoms with Crippen molar-refractivity contribution in [3.63, 3.8) is 0 Å². The van der Waals surface area contributed by atoms with Crippen molar-refractivity contribution in [2.75, 3.05) is 5.32 Å². The van der Waals surface area contributed by atoms with Crippen molar-refractivity contribution in [1.29, 1.82) is 0 Å². The maximum atomic E-state index is 12.9. The van der Waals surface area contributed by atoms with Crippen molar-refractivity contribution in [1.82, 2.24) is 15.0 Å². The molecular weight excluding hydrogens is 409 g/mol. The van der Waals surface area contributed by atoms with E-state index in [0.717, 1.165) is 34.2 Å². The van der Waals surface area contributed by atoms with E-state index in [4.69, 9.17) is 0 Å². The third-order valence-electron chi connectivity index (χ3n) is 5.45. The van der Waals surface area contributed by atoms with E-state index in [1.54, 1.807) is 11.3 Å². The topological polar surface area (TPSA) is 50.7 Å². The highest BCUT2D eigenvalue weighted by Gasteiger charge is 2.32. The lowest BCUT2D eigenvalue weighted by Crippen LogP contribution is -2.10. The Hall–Kier alpha value is -2.48. The average molecular weight is 433 g/mol. The number of hydrogen-bond acceptors (Lipinski definition) is 5. The highest BCUT2D eigenvalue weighted by atomic mass is 32.1. The van der Waals surface area contributed by atoms with Crippen LogP contribution in [-0.2, 0) is 6.18 Å². The van der Waals surface area contributed by atoms with Gasteiger partial charge in [0.15, 0.2) is 0 Å². The van der Waals surface area contributed by atoms with E-state index in [9.17, 15) is 13.2 Å². The molecule has 0 spiro atoms. The van der Waals surface area contributed by atoms with Gasteiger partial charge in [0.1, 0.15) is 5.69 Å². The van der Waals surface area contributed by atoms with E-state index in [-0.39, 0.29) is 5.95 Å². The molecule has 0 saturated heterocycles. The minimum absolute atomic E-state index is 0.0808. The van der Waals surface area contributed by atoms with E-state index >= 15 is 0 Å². The van der Waals surface area contributed by atoms with Crippen molar-refractivity contribution >= 4 is 23.0 Å². The number of halogens is 3. The Balaban J connectivity index is 1.56. The van der Waals surface area contributed by atoms with Gasteiger partial charge >= 0.3 is 6.18 Å². The normalized spacial score (nSPS) is 19.6. The summed E-state index contributed by atoms with van der Waals surface area (Å²) in [5.41, 5.74) is 1.65. The lowest BCUT2D eigenvalue weighted by Gasteiger charge is -2.24. The fraction of sp³-hybridized carbons (Fsp3) is 0.409. The molecule has 1 aromatic carbocycles. The van der Waals surface area contributed by atoms with Gasteiger partial charge in [-0.3, -0.25) is 0 Å². The molecule has 158 valence electrons. The van der Waals surface area contributed by atoms with E-state index in [1.165, 1.54) is 30.7 Å². The SMILES string of the molecule is Cc1cc(Nc2nccc(C(F)(F)F)n2)cc(-c2cnc(C3CCC(C)CC3)s2)c1. The first-order valence-corrected chi connectivity index (χ1v) is 10.8. The second-order valence-electron chi connectivity index (χ2n) is 8.00. The lowest BCUT2D eigenvalue weighted by atomic mass is 9.83. The molecule has 4 rings (SSSR count). The molecule has 0 bridgehead atoms. The van der Waals surface area contributed by atoms with Gasteiger partial charge in [-0.2, -0.15) is 13.2 Å². The highest BCUT2D eigenvalue weighted by Crippen LogP contribution is 2.40. The molecule has 0 amide bonds. The average Bonchev–Trinajstić information content (AvgIpc) is 3.18. The molecule has 1 aliphatic carbocycles. The Morgan fingerprint density at radius 2 is 1.83 bits per heavy atom. The number of alkyl halides is 3. The van der Waals surface area contributed by atoms with Crippen molar-refractivity contribution in [3.8, 4) is 10.4 Å². The van der Waals surface area contributed by atoms with Gasteiger partial charge in [0.2, 0.25) is 5.95 Å². The minimum atomic E-state index is -4.51. The van der Waals surface area contributed by atoms with Crippen molar-refractivity contribution in [2.24, 2.45) is 5.92 Å². The number of aryl methyl sites for hydroxylation is 1. The number of benzene rings is 1. The number of nitrogens with zero attached hydrogens (tertiary/aromatic N) is 3. The summed E-state index contributed by atoms with van der Waals surface area (Å²) in [6.45, 7) is 4.25. The Kier molecular flexibility index (Phi) is 5.77. The summed E-state index contributed by atoms with van der Waals surface area (Å²) in [7, 11) is 0. The molecular formula is C22H23F3N4S. The van der Waals surface area contributed by atoms with Crippen LogP contribution in [0.2, 0.25) is 0 Å². The molecule has 0 unspecified atom stereocenters. The zero-order valence-corrected chi connectivity index (χ0v) is 17.6. The molecule has 1 aliphatic rings. The van der Waals surface area contributed by atoms with E-state index in [2.05, 4.69) is 33.3 Å². The summed E-state index contributed by atoms with van der Waals surface area (Å²) in [6.07, 6.45) is 3.35. The lowest BCUT2D eigenvalue weighted by molar-refractivity contribution is -0.141. The minimum Gasteiger partial charge on any atom is -0.324 e. The monoisotopic (exact) mass is 432 g/mol. The molecule has 1 fully saturated rings. The molecule has 1 N–H and O–H groups in total. The van der Waals surface area contributed by atoms with Crippen LogP contribution in [0.5, 0.6) is 0 Å². The zero-order valence-electron chi connectivity index (χ0n) is 16.8. The Morgan fingerprint density at radius 3 is 2.57 bits per heavy atom. The Bertz CT molecular complexity index is 1020. The first-order chi connectivity index (χ1) is 14.3. The largest absolute Gasteiger partial charge is 0.433 e. The van der Waals surface area contributed by atoms with Crippen LogP contribution in [0, 0.1) is 12.8 Å². The molecule has 2 heterocycles. The zero-order chi connectivity index (χ0) is 21.3. The van der Waals surface area contributed by atoms with Crippen molar-refractivity contribution < 1.29 is 13.2 Å². The molecule has 0 atom stereocenters. The number of aromatic nitrogens is 3. The van der Waals surface area contributed by atoms with Crippen LogP contribution >= 0.6 is 11.3 Å². The number of nitrogens with one attached hydrogen (secondary N) is 1. The first-order valence-electron chi connectivity index (χ1n) is 10.0. The third kappa shape index (κ3) is 4.80. The number of anilines is 2. The maximum absolute atomic E-state index is 12.9. The first kappa shape index (κ1) is 20.8. The van der Waals surface area contributed by atoms with Crippen LogP contribution in [0.4, 0.5) is 24.8 Å². The molecule has 0 radical (unpaired) electrons. The van der Waals surface area contributed by atoms with E-state index < -0.39 is 11.9 Å². The standard InChI is InChI=1S/C22H23F3N4S/c1-13-3-5-15(6-4-13)20-27-12-18(30-20)16-9-14(2)10-17(11-16)28-21-26-8-7-19(29-21)22(23,24)25/h7-13,15H,3-6H2,1-2H3,(H,26,28,29). The Labute approximate surface area is 177 Å². The second kappa shape index (κ2) is 8.34. The number of rotatable bonds is 4. The molecule has 2 aromatic heterocycles. The van der Waals surface area contributed by atoms with Gasteiger partial charge in [-0.15, -0.1) is 11.3 Å². The molecule has 8 heteroatoms. The van der Waals surface area contributed by atoms with Gasteiger partial charge in [-0.1, -0.05) is 25.8 Å². The molecule has 1 saturated carbocycles. The van der Waals surface area contributed by atoms with E-state index in [0.29, 0.717) is 11.6 Å². The summed E-state index contributed by atoms with van der Waals surface area (Å²) >= 11 is 1.70. The van der Waals surface area contributed by atoms with Gasteiger partial charge in [0.25, 0.3) is 0 Å². The summed E-state index contributed by atoms with van der Waals surface area (Å²) in [6, 6.07) is 6.67. The molecule has 4 nitrogen and oxygen atoms in total. The van der Waals surface area contributed by atoms with Gasteiger partial charge in [-0.25, -0.2) is 15.0 Å². The van der Waals surface area contributed by atoms with Crippen LogP contribution in [0.1, 0.15) is 54.8 Å². The van der Waals surface area contributed by atoms with Gasteiger partial charge in [0.05, 0.1) is 9.88 Å². The van der Waals surface area contributed by atoms with Crippen molar-refractivity contribution in [2.45, 2.75) is 51.6 Å². The second-order valence-corrected chi connectivity index (χ2v) is 9.06. The highest BCUT2D eigenvalue weighted by molar-refractivity contribution is 7.15. The molecule has 0 aliphatic heterocycles. The molecule has 3 aromatic rings. The van der Waals surface area contributed by atoms with E-state index in [1.807, 2.05) is 25.3 Å².